The van der Waals surface area contributed by atoms with E-state index in [1.165, 1.54) is 0 Å². The molecule has 0 unspecified atom stereocenters. The van der Waals surface area contributed by atoms with Crippen LogP contribution in [0.2, 0.25) is 0 Å². The molecule has 0 spiro atoms. The van der Waals surface area contributed by atoms with Gasteiger partial charge in [0.15, 0.2) is 17.3 Å². The summed E-state index contributed by atoms with van der Waals surface area (Å²) in [6, 6.07) is 9.11. The Bertz CT molecular complexity index is 1040. The van der Waals surface area contributed by atoms with Gasteiger partial charge in [0.2, 0.25) is 5.78 Å². The molecule has 2 aromatic carbocycles. The van der Waals surface area contributed by atoms with Crippen molar-refractivity contribution in [1.29, 1.82) is 0 Å². The first kappa shape index (κ1) is 19.9. The Morgan fingerprint density at radius 3 is 2.81 bits per heavy atom. The molecule has 0 amide bonds. The second-order valence-electron chi connectivity index (χ2n) is 7.89. The van der Waals surface area contributed by atoms with Gasteiger partial charge in [0, 0.05) is 19.7 Å². The van der Waals surface area contributed by atoms with Crippen LogP contribution >= 0.6 is 0 Å². The van der Waals surface area contributed by atoms with Crippen molar-refractivity contribution in [3.8, 4) is 23.0 Å². The van der Waals surface area contributed by atoms with Gasteiger partial charge in [-0.3, -0.25) is 9.69 Å². The number of Topliss-reactive ketones (excluding diaryl/α,β-unsaturated/α-hetero) is 1. The smallest absolute Gasteiger partial charge is 0.231 e. The summed E-state index contributed by atoms with van der Waals surface area (Å²) >= 11 is 0. The summed E-state index contributed by atoms with van der Waals surface area (Å²) in [4.78, 5) is 15.2. The van der Waals surface area contributed by atoms with Crippen molar-refractivity contribution < 1.29 is 28.5 Å². The zero-order valence-electron chi connectivity index (χ0n) is 17.7. The Balaban J connectivity index is 1.40. The predicted molar refractivity (Wildman–Crippen MR) is 114 cm³/mol. The van der Waals surface area contributed by atoms with Gasteiger partial charge in [-0.1, -0.05) is 6.07 Å². The normalized spacial score (nSPS) is 21.4. The summed E-state index contributed by atoms with van der Waals surface area (Å²) in [5.41, 5.74) is 2.26. The van der Waals surface area contributed by atoms with Crippen LogP contribution in [0.5, 0.6) is 23.0 Å². The Kier molecular flexibility index (Phi) is 5.29. The minimum absolute atomic E-state index is 0.135. The molecule has 1 saturated heterocycles. The van der Waals surface area contributed by atoms with Gasteiger partial charge >= 0.3 is 0 Å². The van der Waals surface area contributed by atoms with E-state index in [1.807, 2.05) is 18.2 Å². The van der Waals surface area contributed by atoms with Crippen LogP contribution in [0.25, 0.3) is 6.08 Å². The molecule has 0 N–H and O–H groups in total. The van der Waals surface area contributed by atoms with E-state index < -0.39 is 0 Å². The second-order valence-corrected chi connectivity index (χ2v) is 7.89. The van der Waals surface area contributed by atoms with E-state index in [-0.39, 0.29) is 17.6 Å². The lowest BCUT2D eigenvalue weighted by atomic mass is 10.0. The minimum atomic E-state index is -0.135. The maximum Gasteiger partial charge on any atom is 0.231 e. The van der Waals surface area contributed by atoms with Crippen LogP contribution in [0.15, 0.2) is 36.1 Å². The Morgan fingerprint density at radius 1 is 1.16 bits per heavy atom. The van der Waals surface area contributed by atoms with Crippen LogP contribution in [0.3, 0.4) is 0 Å². The number of ketones is 1. The van der Waals surface area contributed by atoms with Gasteiger partial charge < -0.3 is 23.7 Å². The number of rotatable bonds is 5. The number of carbonyl (C=O) groups is 1. The Morgan fingerprint density at radius 2 is 2.03 bits per heavy atom. The van der Waals surface area contributed by atoms with Gasteiger partial charge in [0.05, 0.1) is 31.5 Å². The lowest BCUT2D eigenvalue weighted by Crippen LogP contribution is -2.37. The topological polar surface area (TPSA) is 66.5 Å². The summed E-state index contributed by atoms with van der Waals surface area (Å²) in [6.45, 7) is 2.81. The van der Waals surface area contributed by atoms with E-state index >= 15 is 0 Å². The van der Waals surface area contributed by atoms with Crippen LogP contribution in [-0.2, 0) is 11.3 Å². The highest BCUT2D eigenvalue weighted by Crippen LogP contribution is 2.42. The van der Waals surface area contributed by atoms with E-state index in [1.54, 1.807) is 32.4 Å². The number of ether oxygens (including phenoxy) is 5. The molecular weight excluding hydrogens is 398 g/mol. The van der Waals surface area contributed by atoms with Crippen molar-refractivity contribution in [3.63, 3.8) is 0 Å². The molecule has 1 fully saturated rings. The fraction of sp³-hybridized carbons (Fsp3) is 0.375. The first-order valence-corrected chi connectivity index (χ1v) is 10.4. The van der Waals surface area contributed by atoms with Crippen molar-refractivity contribution >= 4 is 11.9 Å². The Labute approximate surface area is 181 Å². The van der Waals surface area contributed by atoms with E-state index in [2.05, 4.69) is 4.90 Å². The third-order valence-electron chi connectivity index (χ3n) is 5.87. The maximum absolute atomic E-state index is 13.0. The van der Waals surface area contributed by atoms with Gasteiger partial charge in [-0.25, -0.2) is 0 Å². The van der Waals surface area contributed by atoms with Gasteiger partial charge in [-0.15, -0.1) is 0 Å². The average Bonchev–Trinajstić information content (AvgIpc) is 3.42. The second kappa shape index (κ2) is 8.24. The molecule has 0 bridgehead atoms. The summed E-state index contributed by atoms with van der Waals surface area (Å²) < 4.78 is 28.4. The van der Waals surface area contributed by atoms with E-state index in [4.69, 9.17) is 23.7 Å². The van der Waals surface area contributed by atoms with Gasteiger partial charge in [-0.05, 0) is 48.7 Å². The van der Waals surface area contributed by atoms with Crippen molar-refractivity contribution in [2.24, 2.45) is 0 Å². The summed E-state index contributed by atoms with van der Waals surface area (Å²) in [6.07, 6.45) is 4.14. The van der Waals surface area contributed by atoms with Crippen LogP contribution in [0.1, 0.15) is 34.3 Å². The highest BCUT2D eigenvalue weighted by molar-refractivity contribution is 6.15. The first-order valence-electron chi connectivity index (χ1n) is 10.4. The van der Waals surface area contributed by atoms with E-state index in [0.29, 0.717) is 36.1 Å². The van der Waals surface area contributed by atoms with Crippen LogP contribution < -0.4 is 18.9 Å². The van der Waals surface area contributed by atoms with Crippen molar-refractivity contribution in [1.82, 2.24) is 4.90 Å². The fourth-order valence-electron chi connectivity index (χ4n) is 4.29. The van der Waals surface area contributed by atoms with Gasteiger partial charge in [0.1, 0.15) is 18.2 Å². The van der Waals surface area contributed by atoms with Crippen LogP contribution in [0.4, 0.5) is 0 Å². The van der Waals surface area contributed by atoms with E-state index in [0.717, 1.165) is 42.9 Å². The zero-order valence-corrected chi connectivity index (χ0v) is 17.7. The average molecular weight is 423 g/mol. The number of nitrogens with zero attached hydrogens (tertiary/aromatic N) is 1. The van der Waals surface area contributed by atoms with Gasteiger partial charge in [0.25, 0.3) is 0 Å². The molecule has 5 rings (SSSR count). The van der Waals surface area contributed by atoms with Crippen molar-refractivity contribution in [3.05, 3.63) is 52.8 Å². The Hall–Kier alpha value is -3.03. The molecule has 1 atom stereocenters. The lowest BCUT2D eigenvalue weighted by Gasteiger charge is -2.31. The fourth-order valence-corrected chi connectivity index (χ4v) is 4.29. The largest absolute Gasteiger partial charge is 0.493 e. The molecule has 3 aliphatic rings. The monoisotopic (exact) mass is 423 g/mol. The van der Waals surface area contributed by atoms with E-state index in [9.17, 15) is 4.79 Å². The standard InChI is InChI=1S/C24H25NO6/c1-27-20-7-5-15(10-21(20)28-2)11-22-23(26)17-6-8-19-18(24(17)31-22)13-25(14-30-19)12-16-4-3-9-29-16/h5-8,10-11,16H,3-4,9,12-14H2,1-2H3/t16-/m1/s1. The molecule has 2 aromatic rings. The number of carbonyl (C=O) groups excluding carboxylic acids is 1. The molecule has 0 aromatic heterocycles. The summed E-state index contributed by atoms with van der Waals surface area (Å²) in [7, 11) is 3.17. The molecule has 3 heterocycles. The molecule has 7 nitrogen and oxygen atoms in total. The van der Waals surface area contributed by atoms with Crippen molar-refractivity contribution in [2.75, 3.05) is 34.1 Å². The molecular formula is C24H25NO6. The quantitative estimate of drug-likeness (QED) is 0.680. The molecule has 7 heteroatoms. The van der Waals surface area contributed by atoms with Crippen LogP contribution in [0, 0.1) is 0 Å². The number of allylic oxidation sites excluding steroid dienone is 1. The molecule has 0 radical (unpaired) electrons. The van der Waals surface area contributed by atoms with Crippen molar-refractivity contribution in [2.45, 2.75) is 25.5 Å². The lowest BCUT2D eigenvalue weighted by molar-refractivity contribution is 0.0274. The van der Waals surface area contributed by atoms with Gasteiger partial charge in [-0.2, -0.15) is 0 Å². The molecule has 31 heavy (non-hydrogen) atoms. The first-order chi connectivity index (χ1) is 15.2. The minimum Gasteiger partial charge on any atom is -0.493 e. The third-order valence-corrected chi connectivity index (χ3v) is 5.87. The number of fused-ring (bicyclic) bond motifs is 3. The highest BCUT2D eigenvalue weighted by atomic mass is 16.5. The molecule has 0 aliphatic carbocycles. The maximum atomic E-state index is 13.0. The number of hydrogen-bond donors (Lipinski definition) is 0. The molecule has 162 valence electrons. The predicted octanol–water partition coefficient (Wildman–Crippen LogP) is 3.65. The summed E-state index contributed by atoms with van der Waals surface area (Å²) in [5.74, 6) is 2.73. The number of hydrogen-bond acceptors (Lipinski definition) is 7. The molecule has 0 saturated carbocycles. The number of methoxy groups -OCH3 is 2. The summed E-state index contributed by atoms with van der Waals surface area (Å²) in [5, 5.41) is 0. The van der Waals surface area contributed by atoms with Crippen LogP contribution in [-0.4, -0.2) is 50.9 Å². The third kappa shape index (κ3) is 3.75. The number of benzene rings is 2. The zero-order chi connectivity index (χ0) is 21.4. The molecule has 3 aliphatic heterocycles. The SMILES string of the molecule is COc1ccc(C=C2Oc3c(ccc4c3CN(C[C@H]3CCCO3)CO4)C2=O)cc1OC. The highest BCUT2D eigenvalue weighted by Gasteiger charge is 2.34.